The van der Waals surface area contributed by atoms with Gasteiger partial charge < -0.3 is 10.4 Å². The largest absolute Gasteiger partial charge is 0.415 e. The Morgan fingerprint density at radius 2 is 2.00 bits per heavy atom. The molecule has 0 aliphatic heterocycles. The summed E-state index contributed by atoms with van der Waals surface area (Å²) >= 11 is 0. The molecule has 0 radical (unpaired) electrons. The minimum atomic E-state index is -4.70. The summed E-state index contributed by atoms with van der Waals surface area (Å²) in [5.41, 5.74) is 0.0865. The van der Waals surface area contributed by atoms with Crippen molar-refractivity contribution in [2.75, 3.05) is 6.54 Å². The number of benzene rings is 1. The van der Waals surface area contributed by atoms with Crippen molar-refractivity contribution >= 4 is 5.69 Å². The van der Waals surface area contributed by atoms with Crippen molar-refractivity contribution < 1.29 is 23.2 Å². The maximum atomic E-state index is 12.0. The van der Waals surface area contributed by atoms with Crippen LogP contribution >= 0.6 is 0 Å². The lowest BCUT2D eigenvalue weighted by atomic mass is 10.2. The Morgan fingerprint density at radius 3 is 2.56 bits per heavy atom. The van der Waals surface area contributed by atoms with Gasteiger partial charge in [0.05, 0.1) is 4.92 Å². The fraction of sp³-hybridized carbons (Fsp3) is 0.400. The predicted octanol–water partition coefficient (Wildman–Crippen LogP) is 1.61. The minimum absolute atomic E-state index is 0.121. The Kier molecular flexibility index (Phi) is 4.62. The second kappa shape index (κ2) is 5.78. The lowest BCUT2D eigenvalue weighted by Gasteiger charge is -2.14. The lowest BCUT2D eigenvalue weighted by molar-refractivity contribution is -0.385. The second-order valence-electron chi connectivity index (χ2n) is 3.57. The number of hydrogen-bond acceptors (Lipinski definition) is 4. The van der Waals surface area contributed by atoms with Gasteiger partial charge >= 0.3 is 6.18 Å². The van der Waals surface area contributed by atoms with E-state index in [-0.39, 0.29) is 17.8 Å². The van der Waals surface area contributed by atoms with Gasteiger partial charge in [-0.1, -0.05) is 18.2 Å². The summed E-state index contributed by atoms with van der Waals surface area (Å²) < 4.78 is 36.0. The second-order valence-corrected chi connectivity index (χ2v) is 3.57. The van der Waals surface area contributed by atoms with E-state index in [1.54, 1.807) is 6.07 Å². The minimum Gasteiger partial charge on any atom is -0.382 e. The number of aliphatic hydroxyl groups is 1. The molecule has 0 amide bonds. The number of nitrogens with one attached hydrogen (secondary N) is 1. The van der Waals surface area contributed by atoms with Gasteiger partial charge in [-0.25, -0.2) is 0 Å². The van der Waals surface area contributed by atoms with Gasteiger partial charge in [-0.2, -0.15) is 13.2 Å². The number of alkyl halides is 3. The number of nitro benzene ring substituents is 1. The molecule has 1 aromatic rings. The molecular formula is C10H11F3N2O3. The molecule has 1 rings (SSSR count). The van der Waals surface area contributed by atoms with Crippen LogP contribution in [0.25, 0.3) is 0 Å². The number of rotatable bonds is 5. The molecule has 1 aromatic carbocycles. The van der Waals surface area contributed by atoms with Gasteiger partial charge in [-0.3, -0.25) is 10.1 Å². The van der Waals surface area contributed by atoms with E-state index in [4.69, 9.17) is 5.11 Å². The van der Waals surface area contributed by atoms with E-state index in [0.29, 0.717) is 0 Å². The molecule has 0 bridgehead atoms. The molecular weight excluding hydrogens is 253 g/mol. The van der Waals surface area contributed by atoms with Crippen molar-refractivity contribution in [3.8, 4) is 0 Å². The van der Waals surface area contributed by atoms with Crippen molar-refractivity contribution in [3.05, 3.63) is 39.9 Å². The molecule has 100 valence electrons. The van der Waals surface area contributed by atoms with Gasteiger partial charge in [-0.05, 0) is 0 Å². The summed E-state index contributed by atoms with van der Waals surface area (Å²) in [4.78, 5) is 10.0. The highest BCUT2D eigenvalue weighted by atomic mass is 19.4. The predicted molar refractivity (Wildman–Crippen MR) is 56.9 cm³/mol. The van der Waals surface area contributed by atoms with Gasteiger partial charge in [0.25, 0.3) is 5.69 Å². The van der Waals surface area contributed by atoms with Crippen LogP contribution in [0, 0.1) is 10.1 Å². The molecule has 0 aliphatic rings. The van der Waals surface area contributed by atoms with E-state index in [2.05, 4.69) is 5.32 Å². The van der Waals surface area contributed by atoms with Crippen LogP contribution < -0.4 is 5.32 Å². The maximum absolute atomic E-state index is 12.0. The molecule has 8 heteroatoms. The van der Waals surface area contributed by atoms with Crippen molar-refractivity contribution in [2.45, 2.75) is 18.8 Å². The first kappa shape index (κ1) is 14.4. The first-order valence-electron chi connectivity index (χ1n) is 5.00. The molecule has 0 saturated carbocycles. The zero-order chi connectivity index (χ0) is 13.8. The van der Waals surface area contributed by atoms with Crippen molar-refractivity contribution in [1.29, 1.82) is 0 Å². The summed E-state index contributed by atoms with van der Waals surface area (Å²) in [6.45, 7) is -0.833. The molecule has 0 saturated heterocycles. The van der Waals surface area contributed by atoms with E-state index in [1.165, 1.54) is 18.2 Å². The number of halogens is 3. The van der Waals surface area contributed by atoms with Crippen LogP contribution in [-0.2, 0) is 6.54 Å². The Morgan fingerprint density at radius 1 is 1.39 bits per heavy atom. The van der Waals surface area contributed by atoms with Crippen molar-refractivity contribution in [1.82, 2.24) is 5.32 Å². The fourth-order valence-corrected chi connectivity index (χ4v) is 1.30. The lowest BCUT2D eigenvalue weighted by Crippen LogP contribution is -2.38. The molecule has 18 heavy (non-hydrogen) atoms. The van der Waals surface area contributed by atoms with Crippen LogP contribution in [0.15, 0.2) is 24.3 Å². The van der Waals surface area contributed by atoms with Gasteiger partial charge in [0.2, 0.25) is 0 Å². The average Bonchev–Trinajstić information content (AvgIpc) is 2.28. The van der Waals surface area contributed by atoms with Crippen LogP contribution in [0.5, 0.6) is 0 Å². The van der Waals surface area contributed by atoms with E-state index in [9.17, 15) is 23.3 Å². The van der Waals surface area contributed by atoms with Crippen LogP contribution in [-0.4, -0.2) is 28.9 Å². The highest BCUT2D eigenvalue weighted by Crippen LogP contribution is 2.20. The summed E-state index contributed by atoms with van der Waals surface area (Å²) in [5.74, 6) is 0. The smallest absolute Gasteiger partial charge is 0.382 e. The Labute approximate surface area is 100 Å². The Bertz CT molecular complexity index is 423. The molecule has 2 N–H and O–H groups in total. The highest BCUT2D eigenvalue weighted by Gasteiger charge is 2.37. The van der Waals surface area contributed by atoms with Gasteiger partial charge in [0, 0.05) is 24.7 Å². The number of aliphatic hydroxyl groups excluding tert-OH is 1. The van der Waals surface area contributed by atoms with Gasteiger partial charge in [0.15, 0.2) is 6.10 Å². The topological polar surface area (TPSA) is 75.4 Å². The molecule has 0 heterocycles. The van der Waals surface area contributed by atoms with Crippen LogP contribution in [0.1, 0.15) is 5.56 Å². The fourth-order valence-electron chi connectivity index (χ4n) is 1.30. The van der Waals surface area contributed by atoms with E-state index in [1.807, 2.05) is 0 Å². The molecule has 1 unspecified atom stereocenters. The normalized spacial score (nSPS) is 13.3. The molecule has 0 fully saturated rings. The van der Waals surface area contributed by atoms with Crippen LogP contribution in [0.3, 0.4) is 0 Å². The standard InChI is InChI=1S/C10H11F3N2O3/c11-10(12,13)9(16)6-14-5-7-3-1-2-4-8(7)15(17)18/h1-4,9,14,16H,5-6H2. The van der Waals surface area contributed by atoms with E-state index in [0.717, 1.165) is 0 Å². The SMILES string of the molecule is O=[N+]([O-])c1ccccc1CNCC(O)C(F)(F)F. The highest BCUT2D eigenvalue weighted by molar-refractivity contribution is 5.39. The number of nitrogens with zero attached hydrogens (tertiary/aromatic N) is 1. The van der Waals surface area contributed by atoms with Gasteiger partial charge in [0.1, 0.15) is 0 Å². The summed E-state index contributed by atoms with van der Waals surface area (Å²) in [7, 11) is 0. The monoisotopic (exact) mass is 264 g/mol. The number of hydrogen-bond donors (Lipinski definition) is 2. The van der Waals surface area contributed by atoms with Crippen LogP contribution in [0.4, 0.5) is 18.9 Å². The van der Waals surface area contributed by atoms with Crippen molar-refractivity contribution in [3.63, 3.8) is 0 Å². The van der Waals surface area contributed by atoms with Crippen LogP contribution in [0.2, 0.25) is 0 Å². The first-order chi connectivity index (χ1) is 8.32. The zero-order valence-electron chi connectivity index (χ0n) is 9.15. The number of nitro groups is 1. The third-order valence-corrected chi connectivity index (χ3v) is 2.22. The summed E-state index contributed by atoms with van der Waals surface area (Å²) in [6, 6.07) is 5.71. The van der Waals surface area contributed by atoms with E-state index >= 15 is 0 Å². The number of para-hydroxylation sites is 1. The molecule has 0 aromatic heterocycles. The van der Waals surface area contributed by atoms with Gasteiger partial charge in [-0.15, -0.1) is 0 Å². The molecule has 0 aliphatic carbocycles. The molecule has 0 spiro atoms. The molecule has 1 atom stereocenters. The maximum Gasteiger partial charge on any atom is 0.415 e. The van der Waals surface area contributed by atoms with Crippen molar-refractivity contribution in [2.24, 2.45) is 0 Å². The summed E-state index contributed by atoms with van der Waals surface area (Å²) in [6.07, 6.45) is -7.18. The first-order valence-corrected chi connectivity index (χ1v) is 5.00. The Balaban J connectivity index is 2.57. The van der Waals surface area contributed by atoms with E-state index < -0.39 is 23.7 Å². The molecule has 5 nitrogen and oxygen atoms in total. The average molecular weight is 264 g/mol. The summed E-state index contributed by atoms with van der Waals surface area (Å²) in [5, 5.41) is 21.7. The Hall–Kier alpha value is -1.67. The quantitative estimate of drug-likeness (QED) is 0.625. The third-order valence-electron chi connectivity index (χ3n) is 2.22. The third kappa shape index (κ3) is 3.97. The zero-order valence-corrected chi connectivity index (χ0v) is 9.15.